The highest BCUT2D eigenvalue weighted by Crippen LogP contribution is 2.50. The van der Waals surface area contributed by atoms with E-state index in [1.54, 1.807) is 14.2 Å². The molecule has 1 N–H and O–H groups in total. The van der Waals surface area contributed by atoms with Crippen molar-refractivity contribution in [2.75, 3.05) is 27.4 Å². The minimum absolute atomic E-state index is 0.121. The Bertz CT molecular complexity index is 595. The van der Waals surface area contributed by atoms with Crippen LogP contribution in [-0.4, -0.2) is 43.1 Å². The van der Waals surface area contributed by atoms with E-state index in [4.69, 9.17) is 26.4 Å². The second kappa shape index (κ2) is 5.59. The molecule has 0 aromatic heterocycles. The van der Waals surface area contributed by atoms with Gasteiger partial charge in [0.05, 0.1) is 19.8 Å². The molecule has 0 saturated carbocycles. The summed E-state index contributed by atoms with van der Waals surface area (Å²) in [5.74, 6) is 1.78. The number of methoxy groups -OCH3 is 2. The molecule has 1 saturated heterocycles. The third-order valence-corrected chi connectivity index (χ3v) is 5.14. The molecule has 0 radical (unpaired) electrons. The molecule has 0 spiro atoms. The van der Waals surface area contributed by atoms with Crippen molar-refractivity contribution in [3.05, 3.63) is 23.8 Å². The lowest BCUT2D eigenvalue weighted by Crippen LogP contribution is -2.69. The first-order chi connectivity index (χ1) is 10.5. The van der Waals surface area contributed by atoms with E-state index in [0.717, 1.165) is 17.1 Å². The van der Waals surface area contributed by atoms with E-state index < -0.39 is 5.72 Å². The van der Waals surface area contributed by atoms with Crippen molar-refractivity contribution in [3.63, 3.8) is 0 Å². The van der Waals surface area contributed by atoms with Gasteiger partial charge in [0.15, 0.2) is 22.3 Å². The average molecular weight is 322 g/mol. The topological polar surface area (TPSA) is 43.0 Å². The highest BCUT2D eigenvalue weighted by Gasteiger charge is 2.53. The Hall–Kier alpha value is -1.53. The lowest BCUT2D eigenvalue weighted by atomic mass is 9.81. The van der Waals surface area contributed by atoms with Crippen LogP contribution in [0.1, 0.15) is 25.5 Å². The summed E-state index contributed by atoms with van der Waals surface area (Å²) >= 11 is 5.56. The van der Waals surface area contributed by atoms with E-state index in [2.05, 4.69) is 30.1 Å². The number of para-hydroxylation sites is 1. The van der Waals surface area contributed by atoms with Gasteiger partial charge in [0.1, 0.15) is 0 Å². The Morgan fingerprint density at radius 2 is 2.18 bits per heavy atom. The smallest absolute Gasteiger partial charge is 0.187 e. The number of fused-ring (bicyclic) bond motifs is 4. The Morgan fingerprint density at radius 1 is 1.41 bits per heavy atom. The first-order valence-electron chi connectivity index (χ1n) is 7.46. The lowest BCUT2D eigenvalue weighted by molar-refractivity contribution is -0.115. The number of nitrogens with one attached hydrogen (secondary N) is 1. The zero-order valence-corrected chi connectivity index (χ0v) is 14.2. The third kappa shape index (κ3) is 2.13. The van der Waals surface area contributed by atoms with Crippen molar-refractivity contribution >= 4 is 17.3 Å². The van der Waals surface area contributed by atoms with E-state index in [1.807, 2.05) is 12.1 Å². The van der Waals surface area contributed by atoms with Gasteiger partial charge in [-0.2, -0.15) is 0 Å². The van der Waals surface area contributed by atoms with E-state index >= 15 is 0 Å². The molecule has 120 valence electrons. The molecule has 3 rings (SSSR count). The molecule has 1 fully saturated rings. The summed E-state index contributed by atoms with van der Waals surface area (Å²) in [5.41, 5.74) is 0.575. The SMILES string of the molecule is COCCN1C(=S)N[C@@H]2c3cccc(OC)c3O[C@@]1(C)[C@H]2C. The van der Waals surface area contributed by atoms with Crippen molar-refractivity contribution in [1.29, 1.82) is 0 Å². The fourth-order valence-electron chi connectivity index (χ4n) is 3.35. The molecule has 2 heterocycles. The molecule has 0 aliphatic carbocycles. The summed E-state index contributed by atoms with van der Waals surface area (Å²) in [6.45, 7) is 5.54. The van der Waals surface area contributed by atoms with Crippen molar-refractivity contribution in [2.45, 2.75) is 25.6 Å². The van der Waals surface area contributed by atoms with Crippen molar-refractivity contribution in [1.82, 2.24) is 10.2 Å². The predicted octanol–water partition coefficient (Wildman–Crippen LogP) is 2.32. The van der Waals surface area contributed by atoms with Crippen molar-refractivity contribution in [2.24, 2.45) is 5.92 Å². The van der Waals surface area contributed by atoms with Crippen molar-refractivity contribution in [3.8, 4) is 11.5 Å². The molecule has 22 heavy (non-hydrogen) atoms. The van der Waals surface area contributed by atoms with E-state index in [0.29, 0.717) is 18.3 Å². The highest BCUT2D eigenvalue weighted by molar-refractivity contribution is 7.80. The lowest BCUT2D eigenvalue weighted by Gasteiger charge is -2.56. The van der Waals surface area contributed by atoms with E-state index in [-0.39, 0.29) is 12.0 Å². The second-order valence-electron chi connectivity index (χ2n) is 5.90. The van der Waals surface area contributed by atoms with Gasteiger partial charge in [-0.05, 0) is 25.2 Å². The molecule has 6 heteroatoms. The fraction of sp³-hybridized carbons (Fsp3) is 0.562. The van der Waals surface area contributed by atoms with Crippen LogP contribution in [0.2, 0.25) is 0 Å². The van der Waals surface area contributed by atoms with Crippen LogP contribution in [0.4, 0.5) is 0 Å². The van der Waals surface area contributed by atoms with Crippen LogP contribution in [0.3, 0.4) is 0 Å². The number of hydrogen-bond donors (Lipinski definition) is 1. The third-order valence-electron chi connectivity index (χ3n) is 4.80. The zero-order valence-electron chi connectivity index (χ0n) is 13.4. The van der Waals surface area contributed by atoms with E-state index in [1.165, 1.54) is 0 Å². The minimum Gasteiger partial charge on any atom is -0.493 e. The van der Waals surface area contributed by atoms with Crippen molar-refractivity contribution < 1.29 is 14.2 Å². The maximum atomic E-state index is 6.42. The molecular weight excluding hydrogens is 300 g/mol. The number of thiocarbonyl (C=S) groups is 1. The van der Waals surface area contributed by atoms with Crippen LogP contribution in [0, 0.1) is 5.92 Å². The maximum absolute atomic E-state index is 6.42. The molecule has 2 bridgehead atoms. The fourth-order valence-corrected chi connectivity index (χ4v) is 3.75. The normalized spacial score (nSPS) is 29.5. The quantitative estimate of drug-likeness (QED) is 0.858. The van der Waals surface area contributed by atoms with Gasteiger partial charge in [0.2, 0.25) is 0 Å². The van der Waals surface area contributed by atoms with Crippen LogP contribution in [-0.2, 0) is 4.74 Å². The summed E-state index contributed by atoms with van der Waals surface area (Å²) in [4.78, 5) is 2.07. The van der Waals surface area contributed by atoms with Gasteiger partial charge in [0.25, 0.3) is 0 Å². The predicted molar refractivity (Wildman–Crippen MR) is 88.2 cm³/mol. The Kier molecular flexibility index (Phi) is 3.91. The van der Waals surface area contributed by atoms with Crippen LogP contribution in [0.5, 0.6) is 11.5 Å². The molecule has 2 aliphatic heterocycles. The highest BCUT2D eigenvalue weighted by atomic mass is 32.1. The minimum atomic E-state index is -0.521. The van der Waals surface area contributed by atoms with Gasteiger partial charge in [-0.3, -0.25) is 0 Å². The summed E-state index contributed by atoms with van der Waals surface area (Å²) < 4.78 is 17.1. The first kappa shape index (κ1) is 15.4. The molecule has 2 aliphatic rings. The number of rotatable bonds is 4. The number of hydrogen-bond acceptors (Lipinski definition) is 4. The zero-order chi connectivity index (χ0) is 15.9. The maximum Gasteiger partial charge on any atom is 0.187 e. The molecular formula is C16H22N2O3S. The standard InChI is InChI=1S/C16H22N2O3S/c1-10-13-11-6-5-7-12(20-4)14(11)21-16(10,2)18(8-9-19-3)15(22)17-13/h5-7,10,13H,8-9H2,1-4H3,(H,17,22)/t10-,13-,16-/m0/s1. The Balaban J connectivity index is 2.06. The molecule has 0 unspecified atom stereocenters. The average Bonchev–Trinajstić information content (AvgIpc) is 2.50. The van der Waals surface area contributed by atoms with Gasteiger partial charge in [-0.15, -0.1) is 0 Å². The molecule has 0 amide bonds. The van der Waals surface area contributed by atoms with Crippen LogP contribution in [0.25, 0.3) is 0 Å². The van der Waals surface area contributed by atoms with Crippen LogP contribution in [0.15, 0.2) is 18.2 Å². The van der Waals surface area contributed by atoms with Crippen LogP contribution < -0.4 is 14.8 Å². The van der Waals surface area contributed by atoms with Crippen LogP contribution >= 0.6 is 12.2 Å². The Morgan fingerprint density at radius 3 is 2.86 bits per heavy atom. The van der Waals surface area contributed by atoms with Gasteiger partial charge < -0.3 is 24.4 Å². The Labute approximate surface area is 136 Å². The molecule has 5 nitrogen and oxygen atoms in total. The number of benzene rings is 1. The summed E-state index contributed by atoms with van der Waals surface area (Å²) in [5, 5.41) is 4.16. The second-order valence-corrected chi connectivity index (χ2v) is 6.28. The van der Waals surface area contributed by atoms with Gasteiger partial charge in [-0.1, -0.05) is 19.1 Å². The molecule has 3 atom stereocenters. The monoisotopic (exact) mass is 322 g/mol. The van der Waals surface area contributed by atoms with Gasteiger partial charge in [-0.25, -0.2) is 0 Å². The van der Waals surface area contributed by atoms with E-state index in [9.17, 15) is 0 Å². The summed E-state index contributed by atoms with van der Waals surface area (Å²) in [6, 6.07) is 6.10. The molecule has 1 aromatic rings. The number of nitrogens with zero attached hydrogens (tertiary/aromatic N) is 1. The largest absolute Gasteiger partial charge is 0.493 e. The van der Waals surface area contributed by atoms with Gasteiger partial charge in [0, 0.05) is 25.1 Å². The summed E-state index contributed by atoms with van der Waals surface area (Å²) in [7, 11) is 3.35. The molecule has 1 aromatic carbocycles. The first-order valence-corrected chi connectivity index (χ1v) is 7.86. The van der Waals surface area contributed by atoms with Gasteiger partial charge >= 0.3 is 0 Å². The summed E-state index contributed by atoms with van der Waals surface area (Å²) in [6.07, 6.45) is 0. The number of ether oxygens (including phenoxy) is 3.